The van der Waals surface area contributed by atoms with Crippen LogP contribution >= 0.6 is 0 Å². The molecule has 0 unspecified atom stereocenters. The van der Waals surface area contributed by atoms with Gasteiger partial charge in [0.25, 0.3) is 0 Å². The molecular weight excluding hydrogens is 446 g/mol. The number of fused-ring (bicyclic) bond motifs is 1. The number of hydrogen-bond donors (Lipinski definition) is 4. The van der Waals surface area contributed by atoms with Crippen molar-refractivity contribution in [1.29, 1.82) is 0 Å². The number of benzene rings is 2. The Bertz CT molecular complexity index is 1220. The van der Waals surface area contributed by atoms with E-state index in [-0.39, 0.29) is 18.4 Å². The quantitative estimate of drug-likeness (QED) is 0.370. The van der Waals surface area contributed by atoms with E-state index in [0.717, 1.165) is 21.9 Å². The number of nitrogens with one attached hydrogen (secondary N) is 2. The second-order valence-corrected chi connectivity index (χ2v) is 8.68. The molecule has 182 valence electrons. The molecule has 0 spiro atoms. The molecule has 2 amide bonds. The van der Waals surface area contributed by atoms with Crippen molar-refractivity contribution >= 4 is 34.4 Å². The summed E-state index contributed by atoms with van der Waals surface area (Å²) in [7, 11) is 0. The van der Waals surface area contributed by atoms with Gasteiger partial charge in [-0.1, -0.05) is 42.5 Å². The number of nitrogens with zero attached hydrogens (tertiary/aromatic N) is 2. The lowest BCUT2D eigenvalue weighted by Crippen LogP contribution is -2.53. The average molecular weight is 476 g/mol. The third-order valence-corrected chi connectivity index (χ3v) is 6.25. The summed E-state index contributed by atoms with van der Waals surface area (Å²) in [5, 5.41) is 16.7. The van der Waals surface area contributed by atoms with Gasteiger partial charge in [0.15, 0.2) is 0 Å². The number of nitrogen functional groups attached to an aromatic ring is 1. The molecule has 1 aromatic heterocycles. The van der Waals surface area contributed by atoms with E-state index in [4.69, 9.17) is 10.8 Å². The molecule has 9 nitrogen and oxygen atoms in total. The minimum Gasteiger partial charge on any atom is -0.480 e. The van der Waals surface area contributed by atoms with Crippen molar-refractivity contribution in [2.45, 2.75) is 37.9 Å². The summed E-state index contributed by atoms with van der Waals surface area (Å²) in [4.78, 5) is 43.3. The SMILES string of the molecule is Nc1nccc2ccc(CNC(=O)[C@@H]3CCCN3C(=O)[C@@H](Cc3ccccc3)NCC(=O)O)cc12. The zero-order valence-electron chi connectivity index (χ0n) is 19.3. The monoisotopic (exact) mass is 475 g/mol. The van der Waals surface area contributed by atoms with Crippen LogP contribution in [0.4, 0.5) is 5.82 Å². The molecule has 1 aliphatic rings. The van der Waals surface area contributed by atoms with E-state index in [1.807, 2.05) is 54.6 Å². The standard InChI is InChI=1S/C26H29N5O4/c27-24-20-13-18(8-9-19(20)10-11-28-24)15-30-25(34)22-7-4-12-31(22)26(35)21(29-16-23(32)33)14-17-5-2-1-3-6-17/h1-3,5-6,8-11,13,21-22,29H,4,7,12,14-16H2,(H2,27,28)(H,30,34)(H,32,33)/t21-,22+/m1/s1. The van der Waals surface area contributed by atoms with Gasteiger partial charge in [0.1, 0.15) is 11.9 Å². The molecule has 4 rings (SSSR count). The topological polar surface area (TPSA) is 138 Å². The number of carboxylic acid groups (broad SMARTS) is 1. The van der Waals surface area contributed by atoms with E-state index in [2.05, 4.69) is 15.6 Å². The number of carboxylic acids is 1. The zero-order valence-corrected chi connectivity index (χ0v) is 19.3. The highest BCUT2D eigenvalue weighted by molar-refractivity contribution is 5.92. The van der Waals surface area contributed by atoms with Crippen LogP contribution in [0, 0.1) is 0 Å². The lowest BCUT2D eigenvalue weighted by molar-refractivity contribution is -0.141. The lowest BCUT2D eigenvalue weighted by Gasteiger charge is -2.28. The van der Waals surface area contributed by atoms with Crippen molar-refractivity contribution < 1.29 is 19.5 Å². The molecule has 0 bridgehead atoms. The number of carbonyl (C=O) groups excluding carboxylic acids is 2. The highest BCUT2D eigenvalue weighted by Gasteiger charge is 2.37. The van der Waals surface area contributed by atoms with Gasteiger partial charge in [-0.15, -0.1) is 0 Å². The molecule has 0 radical (unpaired) electrons. The third kappa shape index (κ3) is 5.93. The van der Waals surface area contributed by atoms with Crippen molar-refractivity contribution in [2.75, 3.05) is 18.8 Å². The minimum atomic E-state index is -1.04. The van der Waals surface area contributed by atoms with Gasteiger partial charge >= 0.3 is 5.97 Å². The normalized spacial score (nSPS) is 16.2. The number of hydrogen-bond acceptors (Lipinski definition) is 6. The predicted molar refractivity (Wildman–Crippen MR) is 132 cm³/mol. The van der Waals surface area contributed by atoms with Gasteiger partial charge in [-0.05, 0) is 47.9 Å². The van der Waals surface area contributed by atoms with Crippen LogP contribution in [0.1, 0.15) is 24.0 Å². The molecule has 2 atom stereocenters. The maximum absolute atomic E-state index is 13.4. The van der Waals surface area contributed by atoms with Crippen molar-refractivity contribution in [2.24, 2.45) is 0 Å². The number of likely N-dealkylation sites (tertiary alicyclic amines) is 1. The van der Waals surface area contributed by atoms with Crippen LogP contribution in [0.25, 0.3) is 10.8 Å². The average Bonchev–Trinajstić information content (AvgIpc) is 3.36. The number of pyridine rings is 1. The Morgan fingerprint density at radius 3 is 2.69 bits per heavy atom. The number of aromatic nitrogens is 1. The third-order valence-electron chi connectivity index (χ3n) is 6.25. The Kier molecular flexibility index (Phi) is 7.57. The van der Waals surface area contributed by atoms with Gasteiger partial charge in [0.05, 0.1) is 12.6 Å². The van der Waals surface area contributed by atoms with Crippen LogP contribution in [-0.2, 0) is 27.3 Å². The van der Waals surface area contributed by atoms with E-state index < -0.39 is 18.1 Å². The van der Waals surface area contributed by atoms with E-state index in [0.29, 0.717) is 38.2 Å². The molecule has 3 aromatic rings. The summed E-state index contributed by atoms with van der Waals surface area (Å²) in [5.41, 5.74) is 7.77. The number of carbonyl (C=O) groups is 3. The van der Waals surface area contributed by atoms with E-state index in [9.17, 15) is 14.4 Å². The number of amides is 2. The summed E-state index contributed by atoms with van der Waals surface area (Å²) in [6.45, 7) is 0.412. The van der Waals surface area contributed by atoms with Crippen LogP contribution in [0.2, 0.25) is 0 Å². The van der Waals surface area contributed by atoms with Crippen LogP contribution < -0.4 is 16.4 Å². The van der Waals surface area contributed by atoms with Gasteiger partial charge < -0.3 is 21.1 Å². The fourth-order valence-corrected chi connectivity index (χ4v) is 4.47. The second kappa shape index (κ2) is 11.0. The first-order chi connectivity index (χ1) is 16.9. The first kappa shape index (κ1) is 24.2. The molecule has 2 aromatic carbocycles. The summed E-state index contributed by atoms with van der Waals surface area (Å²) in [5.74, 6) is -1.11. The molecule has 9 heteroatoms. The van der Waals surface area contributed by atoms with Gasteiger partial charge in [0, 0.05) is 24.7 Å². The second-order valence-electron chi connectivity index (χ2n) is 8.68. The Hall–Kier alpha value is -3.98. The van der Waals surface area contributed by atoms with E-state index >= 15 is 0 Å². The Balaban J connectivity index is 1.43. The Morgan fingerprint density at radius 1 is 1.11 bits per heavy atom. The molecule has 5 N–H and O–H groups in total. The molecule has 1 fully saturated rings. The minimum absolute atomic E-state index is 0.230. The molecule has 1 saturated heterocycles. The van der Waals surface area contributed by atoms with Crippen molar-refractivity contribution in [1.82, 2.24) is 20.5 Å². The fraction of sp³-hybridized carbons (Fsp3) is 0.308. The maximum Gasteiger partial charge on any atom is 0.317 e. The smallest absolute Gasteiger partial charge is 0.317 e. The largest absolute Gasteiger partial charge is 0.480 e. The van der Waals surface area contributed by atoms with Gasteiger partial charge in [-0.3, -0.25) is 19.7 Å². The number of rotatable bonds is 9. The van der Waals surface area contributed by atoms with Crippen LogP contribution in [0.5, 0.6) is 0 Å². The van der Waals surface area contributed by atoms with Gasteiger partial charge in [-0.2, -0.15) is 0 Å². The molecule has 35 heavy (non-hydrogen) atoms. The number of nitrogens with two attached hydrogens (primary N) is 1. The van der Waals surface area contributed by atoms with Crippen molar-refractivity contribution in [3.05, 3.63) is 71.9 Å². The van der Waals surface area contributed by atoms with E-state index in [1.54, 1.807) is 11.1 Å². The molecule has 2 heterocycles. The first-order valence-electron chi connectivity index (χ1n) is 11.6. The van der Waals surface area contributed by atoms with Crippen LogP contribution in [0.15, 0.2) is 60.8 Å². The highest BCUT2D eigenvalue weighted by Crippen LogP contribution is 2.22. The van der Waals surface area contributed by atoms with E-state index in [1.165, 1.54) is 0 Å². The highest BCUT2D eigenvalue weighted by atomic mass is 16.4. The summed E-state index contributed by atoms with van der Waals surface area (Å²) >= 11 is 0. The van der Waals surface area contributed by atoms with Gasteiger partial charge in [0.2, 0.25) is 11.8 Å². The molecule has 1 aliphatic heterocycles. The summed E-state index contributed by atoms with van der Waals surface area (Å²) in [6, 6.07) is 15.7. The lowest BCUT2D eigenvalue weighted by atomic mass is 10.0. The Morgan fingerprint density at radius 2 is 1.91 bits per heavy atom. The van der Waals surface area contributed by atoms with Crippen LogP contribution in [0.3, 0.4) is 0 Å². The summed E-state index contributed by atoms with van der Waals surface area (Å²) < 4.78 is 0. The Labute approximate surface area is 203 Å². The zero-order chi connectivity index (χ0) is 24.8. The van der Waals surface area contributed by atoms with Gasteiger partial charge in [-0.25, -0.2) is 4.98 Å². The number of anilines is 1. The fourth-order valence-electron chi connectivity index (χ4n) is 4.47. The predicted octanol–water partition coefficient (Wildman–Crippen LogP) is 1.71. The first-order valence-corrected chi connectivity index (χ1v) is 11.6. The number of aliphatic carboxylic acids is 1. The molecular formula is C26H29N5O4. The van der Waals surface area contributed by atoms with Crippen molar-refractivity contribution in [3.63, 3.8) is 0 Å². The van der Waals surface area contributed by atoms with Crippen LogP contribution in [-0.4, -0.2) is 57.9 Å². The summed E-state index contributed by atoms with van der Waals surface area (Å²) in [6.07, 6.45) is 3.26. The molecule has 0 saturated carbocycles. The van der Waals surface area contributed by atoms with Crippen molar-refractivity contribution in [3.8, 4) is 0 Å². The maximum atomic E-state index is 13.4. The molecule has 0 aliphatic carbocycles.